The summed E-state index contributed by atoms with van der Waals surface area (Å²) in [7, 11) is 0. The number of carbonyl (C=O) groups excluding carboxylic acids is 1. The Kier molecular flexibility index (Phi) is 3.04. The molecule has 1 fully saturated rings. The predicted molar refractivity (Wildman–Crippen MR) is 62.8 cm³/mol. The first-order valence-electron chi connectivity index (χ1n) is 5.55. The number of amides is 1. The average molecular weight is 252 g/mol. The van der Waals surface area contributed by atoms with Crippen molar-refractivity contribution < 1.29 is 19.1 Å². The molecule has 0 unspecified atom stereocenters. The summed E-state index contributed by atoms with van der Waals surface area (Å²) in [6.07, 6.45) is 1.97. The van der Waals surface area contributed by atoms with Gasteiger partial charge in [0.25, 0.3) is 0 Å². The van der Waals surface area contributed by atoms with Gasteiger partial charge in [0.1, 0.15) is 5.82 Å². The molecule has 1 aliphatic rings. The number of benzene rings is 1. The summed E-state index contributed by atoms with van der Waals surface area (Å²) in [5, 5.41) is 11.1. The van der Waals surface area contributed by atoms with Gasteiger partial charge in [-0.3, -0.25) is 4.79 Å². The van der Waals surface area contributed by atoms with E-state index in [0.717, 1.165) is 24.6 Å². The second kappa shape index (κ2) is 4.38. The number of hydrogen-bond acceptors (Lipinski definition) is 3. The van der Waals surface area contributed by atoms with Crippen LogP contribution in [-0.4, -0.2) is 22.5 Å². The van der Waals surface area contributed by atoms with E-state index in [-0.39, 0.29) is 11.3 Å². The largest absolute Gasteiger partial charge is 0.478 e. The first kappa shape index (κ1) is 12.5. The Morgan fingerprint density at radius 2 is 2.06 bits per heavy atom. The Balaban J connectivity index is 2.20. The highest BCUT2D eigenvalue weighted by atomic mass is 19.1. The van der Waals surface area contributed by atoms with Crippen LogP contribution in [0.15, 0.2) is 18.2 Å². The number of nitrogens with two attached hydrogens (primary N) is 1. The molecule has 1 saturated carbocycles. The fourth-order valence-corrected chi connectivity index (χ4v) is 1.79. The van der Waals surface area contributed by atoms with Crippen LogP contribution >= 0.6 is 0 Å². The molecule has 1 aromatic rings. The predicted octanol–water partition coefficient (Wildman–Crippen LogP) is 1.34. The van der Waals surface area contributed by atoms with Gasteiger partial charge in [-0.2, -0.15) is 0 Å². The first-order chi connectivity index (χ1) is 8.42. The molecule has 6 heteroatoms. The first-order valence-corrected chi connectivity index (χ1v) is 5.55. The van der Waals surface area contributed by atoms with E-state index in [1.54, 1.807) is 0 Å². The molecule has 0 atom stereocenters. The summed E-state index contributed by atoms with van der Waals surface area (Å²) in [4.78, 5) is 22.6. The minimum Gasteiger partial charge on any atom is -0.478 e. The molecule has 4 N–H and O–H groups in total. The number of aromatic carboxylic acids is 1. The van der Waals surface area contributed by atoms with E-state index in [1.807, 2.05) is 0 Å². The molecule has 96 valence electrons. The molecule has 2 rings (SSSR count). The maximum absolute atomic E-state index is 13.5. The lowest BCUT2D eigenvalue weighted by atomic mass is 9.77. The third kappa shape index (κ3) is 2.19. The Hall–Kier alpha value is -1.95. The molecule has 1 aromatic carbocycles. The van der Waals surface area contributed by atoms with Gasteiger partial charge in [0, 0.05) is 0 Å². The summed E-state index contributed by atoms with van der Waals surface area (Å²) in [6.45, 7) is 0. The molecule has 0 saturated heterocycles. The van der Waals surface area contributed by atoms with Gasteiger partial charge in [-0.25, -0.2) is 9.18 Å². The van der Waals surface area contributed by atoms with Crippen LogP contribution < -0.4 is 11.1 Å². The van der Waals surface area contributed by atoms with Gasteiger partial charge in [-0.1, -0.05) is 0 Å². The number of nitrogens with one attached hydrogen (secondary N) is 1. The molecular weight excluding hydrogens is 239 g/mol. The molecule has 0 radical (unpaired) electrons. The fourth-order valence-electron chi connectivity index (χ4n) is 1.79. The lowest BCUT2D eigenvalue weighted by Crippen LogP contribution is -2.56. The Morgan fingerprint density at radius 3 is 2.56 bits per heavy atom. The van der Waals surface area contributed by atoms with Crippen molar-refractivity contribution in [2.24, 2.45) is 5.73 Å². The number of hydrogen-bond donors (Lipinski definition) is 3. The maximum Gasteiger partial charge on any atom is 0.335 e. The minimum absolute atomic E-state index is 0.0913. The van der Waals surface area contributed by atoms with E-state index in [2.05, 4.69) is 5.32 Å². The standard InChI is InChI=1S/C12H13FN2O3/c13-8-3-2-7(10(16)17)6-9(8)15-11(18)12(14)4-1-5-12/h2-3,6H,1,4-5,14H2,(H,15,18)(H,16,17). The number of anilines is 1. The monoisotopic (exact) mass is 252 g/mol. The van der Waals surface area contributed by atoms with Gasteiger partial charge < -0.3 is 16.2 Å². The van der Waals surface area contributed by atoms with Gasteiger partial charge >= 0.3 is 5.97 Å². The maximum atomic E-state index is 13.5. The normalized spacial score (nSPS) is 16.8. The van der Waals surface area contributed by atoms with E-state index >= 15 is 0 Å². The van der Waals surface area contributed by atoms with Gasteiger partial charge in [0.2, 0.25) is 5.91 Å². The second-order valence-electron chi connectivity index (χ2n) is 4.46. The molecule has 0 aliphatic heterocycles. The van der Waals surface area contributed by atoms with Crippen molar-refractivity contribution in [2.75, 3.05) is 5.32 Å². The smallest absolute Gasteiger partial charge is 0.335 e. The molecule has 0 spiro atoms. The molecule has 5 nitrogen and oxygen atoms in total. The zero-order valence-corrected chi connectivity index (χ0v) is 9.57. The van der Waals surface area contributed by atoms with E-state index < -0.39 is 23.2 Å². The summed E-state index contributed by atoms with van der Waals surface area (Å²) in [5.74, 6) is -2.34. The number of carboxylic acid groups (broad SMARTS) is 1. The van der Waals surface area contributed by atoms with Crippen molar-refractivity contribution in [1.82, 2.24) is 0 Å². The molecule has 0 bridgehead atoms. The molecular formula is C12H13FN2O3. The molecule has 1 aliphatic carbocycles. The minimum atomic E-state index is -1.18. The van der Waals surface area contributed by atoms with E-state index in [1.165, 1.54) is 0 Å². The van der Waals surface area contributed by atoms with Gasteiger partial charge in [0.15, 0.2) is 0 Å². The van der Waals surface area contributed by atoms with Crippen molar-refractivity contribution in [1.29, 1.82) is 0 Å². The topological polar surface area (TPSA) is 92.4 Å². The number of carboxylic acids is 1. The molecule has 18 heavy (non-hydrogen) atoms. The molecule has 1 amide bonds. The number of rotatable bonds is 3. The lowest BCUT2D eigenvalue weighted by molar-refractivity contribution is -0.123. The zero-order valence-electron chi connectivity index (χ0n) is 9.57. The van der Waals surface area contributed by atoms with Crippen LogP contribution in [0.3, 0.4) is 0 Å². The van der Waals surface area contributed by atoms with Gasteiger partial charge in [-0.05, 0) is 37.5 Å². The van der Waals surface area contributed by atoms with Gasteiger partial charge in [-0.15, -0.1) is 0 Å². The van der Waals surface area contributed by atoms with Crippen molar-refractivity contribution in [3.05, 3.63) is 29.6 Å². The van der Waals surface area contributed by atoms with Crippen LogP contribution in [0, 0.1) is 5.82 Å². The summed E-state index contributed by atoms with van der Waals surface area (Å²) < 4.78 is 13.5. The quantitative estimate of drug-likeness (QED) is 0.757. The highest BCUT2D eigenvalue weighted by Crippen LogP contribution is 2.30. The Bertz CT molecular complexity index is 512. The SMILES string of the molecule is NC1(C(=O)Nc2cc(C(=O)O)ccc2F)CCC1. The molecule has 0 aromatic heterocycles. The van der Waals surface area contributed by atoms with Gasteiger partial charge in [0.05, 0.1) is 16.8 Å². The number of halogens is 1. The Labute approximate surface area is 103 Å². The zero-order chi connectivity index (χ0) is 13.3. The van der Waals surface area contributed by atoms with Crippen LogP contribution in [0.2, 0.25) is 0 Å². The summed E-state index contributed by atoms with van der Waals surface area (Å²) in [6, 6.07) is 3.22. The highest BCUT2D eigenvalue weighted by Gasteiger charge is 2.40. The lowest BCUT2D eigenvalue weighted by Gasteiger charge is -2.36. The van der Waals surface area contributed by atoms with Crippen molar-refractivity contribution in [3.8, 4) is 0 Å². The molecule has 0 heterocycles. The van der Waals surface area contributed by atoms with E-state index in [4.69, 9.17) is 10.8 Å². The third-order valence-corrected chi connectivity index (χ3v) is 3.16. The van der Waals surface area contributed by atoms with Crippen LogP contribution in [-0.2, 0) is 4.79 Å². The van der Waals surface area contributed by atoms with Crippen LogP contribution in [0.25, 0.3) is 0 Å². The van der Waals surface area contributed by atoms with Crippen LogP contribution in [0.5, 0.6) is 0 Å². The third-order valence-electron chi connectivity index (χ3n) is 3.16. The highest BCUT2D eigenvalue weighted by molar-refractivity contribution is 5.99. The average Bonchev–Trinajstić information content (AvgIpc) is 2.28. The Morgan fingerprint density at radius 1 is 1.39 bits per heavy atom. The number of carbonyl (C=O) groups is 2. The van der Waals surface area contributed by atoms with E-state index in [0.29, 0.717) is 12.8 Å². The van der Waals surface area contributed by atoms with Crippen LogP contribution in [0.4, 0.5) is 10.1 Å². The van der Waals surface area contributed by atoms with Crippen molar-refractivity contribution in [3.63, 3.8) is 0 Å². The van der Waals surface area contributed by atoms with Crippen LogP contribution in [0.1, 0.15) is 29.6 Å². The van der Waals surface area contributed by atoms with E-state index in [9.17, 15) is 14.0 Å². The second-order valence-corrected chi connectivity index (χ2v) is 4.46. The summed E-state index contributed by atoms with van der Waals surface area (Å²) >= 11 is 0. The fraction of sp³-hybridized carbons (Fsp3) is 0.333. The summed E-state index contributed by atoms with van der Waals surface area (Å²) in [5.41, 5.74) is 4.59. The van der Waals surface area contributed by atoms with Crippen molar-refractivity contribution >= 4 is 17.6 Å². The van der Waals surface area contributed by atoms with Crippen molar-refractivity contribution in [2.45, 2.75) is 24.8 Å².